The number of para-hydroxylation sites is 1. The van der Waals surface area contributed by atoms with Crippen LogP contribution < -0.4 is 9.64 Å². The lowest BCUT2D eigenvalue weighted by Crippen LogP contribution is -2.29. The van der Waals surface area contributed by atoms with Crippen molar-refractivity contribution in [1.82, 2.24) is 0 Å². The van der Waals surface area contributed by atoms with E-state index in [0.29, 0.717) is 30.3 Å². The van der Waals surface area contributed by atoms with E-state index in [0.717, 1.165) is 22.8 Å². The summed E-state index contributed by atoms with van der Waals surface area (Å²) in [7, 11) is 0. The summed E-state index contributed by atoms with van der Waals surface area (Å²) in [6, 6.07) is 73.8. The van der Waals surface area contributed by atoms with Gasteiger partial charge < -0.3 is 9.64 Å². The minimum atomic E-state index is -0.575. The monoisotopic (exact) mass is 821 g/mol. The van der Waals surface area contributed by atoms with E-state index in [1.807, 2.05) is 0 Å². The van der Waals surface area contributed by atoms with Gasteiger partial charge in [0.05, 0.1) is 5.41 Å². The van der Waals surface area contributed by atoms with Gasteiger partial charge in [0, 0.05) is 17.1 Å². The van der Waals surface area contributed by atoms with Crippen molar-refractivity contribution in [2.24, 2.45) is 11.8 Å². The number of rotatable bonds is 14. The fraction of sp³-hybridized carbons (Fsp3) is 0.213. The third kappa shape index (κ3) is 8.23. The summed E-state index contributed by atoms with van der Waals surface area (Å²) < 4.78 is 6.52. The van der Waals surface area contributed by atoms with Gasteiger partial charge in [-0.1, -0.05) is 193 Å². The van der Waals surface area contributed by atoms with Gasteiger partial charge in [-0.25, -0.2) is 0 Å². The van der Waals surface area contributed by atoms with Gasteiger partial charge in [-0.2, -0.15) is 0 Å². The molecule has 0 saturated carbocycles. The third-order valence-corrected chi connectivity index (χ3v) is 13.2. The van der Waals surface area contributed by atoms with Gasteiger partial charge >= 0.3 is 0 Å². The highest BCUT2D eigenvalue weighted by Crippen LogP contribution is 2.57. The van der Waals surface area contributed by atoms with E-state index in [-0.39, 0.29) is 0 Å². The predicted octanol–water partition coefficient (Wildman–Crippen LogP) is 16.7. The minimum absolute atomic E-state index is 0.432. The second-order valence-electron chi connectivity index (χ2n) is 18.4. The summed E-state index contributed by atoms with van der Waals surface area (Å²) in [5.74, 6) is 3.14. The number of fused-ring (bicyclic) bond motifs is 3. The molecule has 1 aliphatic rings. The zero-order chi connectivity index (χ0) is 43.5. The highest BCUT2D eigenvalue weighted by atomic mass is 16.5. The van der Waals surface area contributed by atoms with E-state index in [2.05, 4.69) is 247 Å². The zero-order valence-corrected chi connectivity index (χ0v) is 37.6. The molecule has 314 valence electrons. The first kappa shape index (κ1) is 41.7. The van der Waals surface area contributed by atoms with Crippen molar-refractivity contribution in [3.05, 3.63) is 239 Å². The molecule has 0 N–H and O–H groups in total. The largest absolute Gasteiger partial charge is 0.489 e. The van der Waals surface area contributed by atoms with E-state index < -0.39 is 5.41 Å². The van der Waals surface area contributed by atoms with E-state index in [9.17, 15) is 0 Å². The summed E-state index contributed by atoms with van der Waals surface area (Å²) in [6.07, 6.45) is 1.20. The quantitative estimate of drug-likeness (QED) is 0.108. The van der Waals surface area contributed by atoms with Crippen LogP contribution in [-0.4, -0.2) is 0 Å². The molecule has 0 fully saturated rings. The van der Waals surface area contributed by atoms with E-state index in [1.165, 1.54) is 67.6 Å². The van der Waals surface area contributed by atoms with E-state index in [1.54, 1.807) is 0 Å². The maximum atomic E-state index is 6.52. The Morgan fingerprint density at radius 1 is 0.460 bits per heavy atom. The van der Waals surface area contributed by atoms with Gasteiger partial charge in [0.1, 0.15) is 12.4 Å². The molecule has 0 heterocycles. The number of hydrogen-bond donors (Lipinski definition) is 0. The van der Waals surface area contributed by atoms with Gasteiger partial charge in [-0.3, -0.25) is 0 Å². The molecule has 0 saturated heterocycles. The number of benzene rings is 8. The SMILES string of the molecule is CC(C)CC(c1ccc(COc2ccc(C3(c4ccc(C(C)C)cc4)c4ccccc4-c4ccc(N(c5ccccc5)c5ccc(-c6ccccc6)cc5)cc43)cc2)cc1)C(C)C. The maximum absolute atomic E-state index is 6.52. The molecular weight excluding hydrogens is 763 g/mol. The van der Waals surface area contributed by atoms with Gasteiger partial charge in [0.15, 0.2) is 0 Å². The fourth-order valence-corrected chi connectivity index (χ4v) is 9.90. The van der Waals surface area contributed by atoms with Crippen LogP contribution in [0.4, 0.5) is 17.1 Å². The average Bonchev–Trinajstić information content (AvgIpc) is 3.61. The Balaban J connectivity index is 1.13. The Morgan fingerprint density at radius 2 is 1.00 bits per heavy atom. The van der Waals surface area contributed by atoms with Crippen LogP contribution in [-0.2, 0) is 12.0 Å². The first-order chi connectivity index (χ1) is 30.7. The number of anilines is 3. The minimum Gasteiger partial charge on any atom is -0.489 e. The molecule has 9 rings (SSSR count). The number of nitrogens with zero attached hydrogens (tertiary/aromatic N) is 1. The summed E-state index contributed by atoms with van der Waals surface area (Å²) in [6.45, 7) is 14.4. The van der Waals surface area contributed by atoms with Crippen molar-refractivity contribution in [2.75, 3.05) is 4.90 Å². The van der Waals surface area contributed by atoms with Crippen molar-refractivity contribution in [3.63, 3.8) is 0 Å². The third-order valence-electron chi connectivity index (χ3n) is 13.2. The molecule has 63 heavy (non-hydrogen) atoms. The Morgan fingerprint density at radius 3 is 1.63 bits per heavy atom. The lowest BCUT2D eigenvalue weighted by Gasteiger charge is -2.35. The first-order valence-electron chi connectivity index (χ1n) is 22.9. The molecule has 0 aliphatic heterocycles. The molecule has 0 amide bonds. The zero-order valence-electron chi connectivity index (χ0n) is 37.6. The van der Waals surface area contributed by atoms with Crippen molar-refractivity contribution in [1.29, 1.82) is 0 Å². The lowest BCUT2D eigenvalue weighted by atomic mass is 9.67. The van der Waals surface area contributed by atoms with Crippen LogP contribution in [0, 0.1) is 11.8 Å². The Hall–Kier alpha value is -6.64. The normalized spacial score (nSPS) is 14.7. The molecule has 2 atom stereocenters. The van der Waals surface area contributed by atoms with Crippen molar-refractivity contribution in [2.45, 2.75) is 71.8 Å². The van der Waals surface area contributed by atoms with Crippen LogP contribution in [0.25, 0.3) is 22.3 Å². The molecule has 1 aliphatic carbocycles. The van der Waals surface area contributed by atoms with Crippen LogP contribution in [0.2, 0.25) is 0 Å². The molecule has 8 aromatic rings. The Kier molecular flexibility index (Phi) is 11.9. The highest BCUT2D eigenvalue weighted by Gasteiger charge is 2.46. The van der Waals surface area contributed by atoms with Crippen LogP contribution in [0.3, 0.4) is 0 Å². The second-order valence-corrected chi connectivity index (χ2v) is 18.4. The molecule has 0 radical (unpaired) electrons. The summed E-state index contributed by atoms with van der Waals surface area (Å²) in [5, 5.41) is 0. The van der Waals surface area contributed by atoms with Gasteiger partial charge in [0.25, 0.3) is 0 Å². The molecule has 8 aromatic carbocycles. The molecule has 2 nitrogen and oxygen atoms in total. The number of hydrogen-bond acceptors (Lipinski definition) is 2. The van der Waals surface area contributed by atoms with Crippen molar-refractivity contribution in [3.8, 4) is 28.0 Å². The molecule has 2 unspecified atom stereocenters. The fourth-order valence-electron chi connectivity index (χ4n) is 9.90. The molecule has 0 spiro atoms. The van der Waals surface area contributed by atoms with Crippen molar-refractivity contribution >= 4 is 17.1 Å². The van der Waals surface area contributed by atoms with Gasteiger partial charge in [-0.15, -0.1) is 0 Å². The van der Waals surface area contributed by atoms with E-state index >= 15 is 0 Å². The smallest absolute Gasteiger partial charge is 0.119 e. The number of ether oxygens (including phenoxy) is 1. The maximum Gasteiger partial charge on any atom is 0.119 e. The lowest BCUT2D eigenvalue weighted by molar-refractivity contribution is 0.306. The molecule has 0 bridgehead atoms. The van der Waals surface area contributed by atoms with Gasteiger partial charge in [0.2, 0.25) is 0 Å². The summed E-state index contributed by atoms with van der Waals surface area (Å²) in [5.41, 5.74) is 16.6. The van der Waals surface area contributed by atoms with Gasteiger partial charge in [-0.05, 0) is 140 Å². The van der Waals surface area contributed by atoms with E-state index in [4.69, 9.17) is 4.74 Å². The van der Waals surface area contributed by atoms with Crippen molar-refractivity contribution < 1.29 is 4.74 Å². The van der Waals surface area contributed by atoms with Crippen LogP contribution in [0.5, 0.6) is 5.75 Å². The van der Waals surface area contributed by atoms with Crippen LogP contribution in [0.15, 0.2) is 200 Å². The second kappa shape index (κ2) is 18.0. The first-order valence-corrected chi connectivity index (χ1v) is 22.9. The summed E-state index contributed by atoms with van der Waals surface area (Å²) in [4.78, 5) is 2.39. The molecule has 2 heteroatoms. The highest BCUT2D eigenvalue weighted by molar-refractivity contribution is 5.89. The average molecular weight is 822 g/mol. The molecular formula is C61H59NO. The topological polar surface area (TPSA) is 12.5 Å². The van der Waals surface area contributed by atoms with Crippen LogP contribution in [0.1, 0.15) is 98.7 Å². The van der Waals surface area contributed by atoms with Crippen LogP contribution >= 0.6 is 0 Å². The summed E-state index contributed by atoms with van der Waals surface area (Å²) >= 11 is 0. The predicted molar refractivity (Wildman–Crippen MR) is 266 cm³/mol. The Bertz CT molecular complexity index is 2750. The Labute approximate surface area is 375 Å². The molecule has 0 aromatic heterocycles. The standard InChI is InChI=1S/C61H59NO/c1-42(2)39-58(44(5)6)49-23-21-45(22-24-49)41-63-55-36-31-51(32-37-55)61(50-29-25-46(26-30-50)43(3)4)59-20-14-13-19-56(59)57-38-35-54(40-60(57)61)62(52-17-11-8-12-18-52)53-33-27-48(28-34-53)47-15-9-7-10-16-47/h7-38,40,42-44,58H,39,41H2,1-6H3.